The van der Waals surface area contributed by atoms with Crippen LogP contribution in [0.2, 0.25) is 0 Å². The molecule has 258 valence electrons. The number of hydrogen-bond acceptors (Lipinski definition) is 3. The number of aromatic nitrogens is 2. The monoisotopic (exact) mass is 701 g/mol. The summed E-state index contributed by atoms with van der Waals surface area (Å²) in [4.78, 5) is 13.4. The predicted octanol–water partition coefficient (Wildman–Crippen LogP) is 14.1. The third-order valence-electron chi connectivity index (χ3n) is 10.4. The number of benzene rings is 8. The van der Waals surface area contributed by atoms with E-state index in [1.165, 1.54) is 5.39 Å². The zero-order valence-corrected chi connectivity index (χ0v) is 30.0. The molecule has 10 rings (SSSR count). The van der Waals surface area contributed by atoms with Crippen LogP contribution in [0, 0.1) is 0 Å². The summed E-state index contributed by atoms with van der Waals surface area (Å²) in [5, 5.41) is 5.67. The first kappa shape index (κ1) is 32.3. The fourth-order valence-electron chi connectivity index (χ4n) is 7.89. The zero-order valence-electron chi connectivity index (χ0n) is 30.0. The van der Waals surface area contributed by atoms with E-state index in [0.29, 0.717) is 0 Å². The summed E-state index contributed by atoms with van der Waals surface area (Å²) in [5.74, 6) is 0. The van der Waals surface area contributed by atoms with Crippen molar-refractivity contribution >= 4 is 49.5 Å². The second-order valence-corrected chi connectivity index (χ2v) is 13.8. The summed E-state index contributed by atoms with van der Waals surface area (Å²) in [7, 11) is 0. The number of pyridine rings is 2. The second kappa shape index (κ2) is 13.9. The molecule has 0 amide bonds. The molecule has 0 saturated carbocycles. The Hall–Kier alpha value is -7.36. The van der Waals surface area contributed by atoms with Gasteiger partial charge in [0, 0.05) is 44.2 Å². The van der Waals surface area contributed by atoms with Crippen molar-refractivity contribution in [2.45, 2.75) is 0 Å². The van der Waals surface area contributed by atoms with E-state index in [0.717, 1.165) is 89.0 Å². The molecule has 0 N–H and O–H groups in total. The van der Waals surface area contributed by atoms with E-state index in [4.69, 9.17) is 9.97 Å². The van der Waals surface area contributed by atoms with Crippen LogP contribution in [-0.4, -0.2) is 9.97 Å². The molecule has 0 radical (unpaired) electrons. The van der Waals surface area contributed by atoms with E-state index >= 15 is 0 Å². The molecular weight excluding hydrogens is 667 g/mol. The number of rotatable bonds is 7. The Labute approximate surface area is 320 Å². The molecule has 0 fully saturated rings. The van der Waals surface area contributed by atoms with Crippen molar-refractivity contribution in [3.8, 4) is 44.9 Å². The SMILES string of the molecule is c1ccc(-c2cc(-c3ccccc3)nc(-c3cc4c(-c5ccccc5)nc5c(N(c6ccccc6)c6ccccc6)cccc5c4c4ccccc34)c2)cc1. The fraction of sp³-hybridized carbons (Fsp3) is 0. The molecule has 3 nitrogen and oxygen atoms in total. The summed E-state index contributed by atoms with van der Waals surface area (Å²) in [6.07, 6.45) is 0. The average molecular weight is 702 g/mol. The van der Waals surface area contributed by atoms with Crippen LogP contribution in [0.5, 0.6) is 0 Å². The molecule has 0 aliphatic heterocycles. The quantitative estimate of drug-likeness (QED) is 0.155. The van der Waals surface area contributed by atoms with E-state index < -0.39 is 0 Å². The lowest BCUT2D eigenvalue weighted by Crippen LogP contribution is -2.11. The fourth-order valence-corrected chi connectivity index (χ4v) is 7.89. The van der Waals surface area contributed by atoms with Crippen LogP contribution in [0.1, 0.15) is 0 Å². The van der Waals surface area contributed by atoms with Gasteiger partial charge in [-0.15, -0.1) is 0 Å². The standard InChI is InChI=1S/C52H35N3/c1-6-19-36(20-7-1)39-33-47(37-21-8-2-9-22-37)53-48(34-39)45-35-46-50(43-30-17-16-29-42(43)45)44-31-18-32-49(52(44)54-51(46)38-23-10-3-11-24-38)55(40-25-12-4-13-26-40)41-27-14-5-15-28-41/h1-35H. The van der Waals surface area contributed by atoms with E-state index in [9.17, 15) is 0 Å². The lowest BCUT2D eigenvalue weighted by molar-refractivity contribution is 1.28. The molecule has 10 aromatic rings. The largest absolute Gasteiger partial charge is 0.308 e. The summed E-state index contributed by atoms with van der Waals surface area (Å²) in [5.41, 5.74) is 12.4. The summed E-state index contributed by atoms with van der Waals surface area (Å²) in [6, 6.07) is 74.9. The van der Waals surface area contributed by atoms with Crippen LogP contribution < -0.4 is 4.90 Å². The first-order chi connectivity index (χ1) is 27.3. The van der Waals surface area contributed by atoms with Gasteiger partial charge in [-0.05, 0) is 70.4 Å². The minimum Gasteiger partial charge on any atom is -0.308 e. The van der Waals surface area contributed by atoms with Gasteiger partial charge in [0.2, 0.25) is 0 Å². The molecule has 0 atom stereocenters. The molecule has 8 aromatic carbocycles. The van der Waals surface area contributed by atoms with Gasteiger partial charge >= 0.3 is 0 Å². The Kier molecular flexibility index (Phi) is 8.16. The highest BCUT2D eigenvalue weighted by molar-refractivity contribution is 6.26. The van der Waals surface area contributed by atoms with Gasteiger partial charge in [-0.1, -0.05) is 164 Å². The lowest BCUT2D eigenvalue weighted by atomic mass is 9.90. The number of hydrogen-bond donors (Lipinski definition) is 0. The van der Waals surface area contributed by atoms with Crippen LogP contribution in [0.15, 0.2) is 212 Å². The van der Waals surface area contributed by atoms with Crippen LogP contribution in [0.25, 0.3) is 77.3 Å². The second-order valence-electron chi connectivity index (χ2n) is 13.8. The Balaban J connectivity index is 1.31. The summed E-state index contributed by atoms with van der Waals surface area (Å²) in [6.45, 7) is 0. The summed E-state index contributed by atoms with van der Waals surface area (Å²) < 4.78 is 0. The molecule has 0 saturated heterocycles. The van der Waals surface area contributed by atoms with Gasteiger partial charge in [-0.2, -0.15) is 0 Å². The Morgan fingerprint density at radius 1 is 0.327 bits per heavy atom. The minimum absolute atomic E-state index is 0.922. The molecular formula is C52H35N3. The molecule has 2 heterocycles. The number of fused-ring (bicyclic) bond motifs is 5. The van der Waals surface area contributed by atoms with E-state index in [2.05, 4.69) is 217 Å². The summed E-state index contributed by atoms with van der Waals surface area (Å²) >= 11 is 0. The molecule has 0 bridgehead atoms. The lowest BCUT2D eigenvalue weighted by Gasteiger charge is -2.27. The number of nitrogens with zero attached hydrogens (tertiary/aromatic N) is 3. The smallest absolute Gasteiger partial charge is 0.0956 e. The molecule has 55 heavy (non-hydrogen) atoms. The van der Waals surface area contributed by atoms with Gasteiger partial charge in [0.1, 0.15) is 0 Å². The van der Waals surface area contributed by atoms with Gasteiger partial charge in [0.25, 0.3) is 0 Å². The van der Waals surface area contributed by atoms with Crippen LogP contribution in [0.3, 0.4) is 0 Å². The molecule has 0 aliphatic rings. The Morgan fingerprint density at radius 3 is 1.47 bits per heavy atom. The third kappa shape index (κ3) is 5.89. The molecule has 3 heteroatoms. The van der Waals surface area contributed by atoms with Gasteiger partial charge < -0.3 is 4.90 Å². The van der Waals surface area contributed by atoms with Crippen molar-refractivity contribution in [1.82, 2.24) is 9.97 Å². The van der Waals surface area contributed by atoms with Crippen molar-refractivity contribution in [1.29, 1.82) is 0 Å². The maximum atomic E-state index is 5.66. The number of anilines is 3. The van der Waals surface area contributed by atoms with E-state index in [-0.39, 0.29) is 0 Å². The van der Waals surface area contributed by atoms with Crippen molar-refractivity contribution < 1.29 is 0 Å². The topological polar surface area (TPSA) is 29.0 Å². The third-order valence-corrected chi connectivity index (χ3v) is 10.4. The van der Waals surface area contributed by atoms with Crippen molar-refractivity contribution in [3.05, 3.63) is 212 Å². The average Bonchev–Trinajstić information content (AvgIpc) is 3.27. The van der Waals surface area contributed by atoms with E-state index in [1.807, 2.05) is 0 Å². The zero-order chi connectivity index (χ0) is 36.6. The maximum Gasteiger partial charge on any atom is 0.0956 e. The highest BCUT2D eigenvalue weighted by atomic mass is 15.1. The molecule has 2 aromatic heterocycles. The van der Waals surface area contributed by atoms with Gasteiger partial charge in [0.05, 0.1) is 28.3 Å². The van der Waals surface area contributed by atoms with Gasteiger partial charge in [-0.3, -0.25) is 0 Å². The number of para-hydroxylation sites is 3. The molecule has 0 spiro atoms. The Morgan fingerprint density at radius 2 is 0.836 bits per heavy atom. The Bertz CT molecular complexity index is 2850. The van der Waals surface area contributed by atoms with Crippen LogP contribution >= 0.6 is 0 Å². The molecule has 0 unspecified atom stereocenters. The normalized spacial score (nSPS) is 11.3. The minimum atomic E-state index is 0.922. The van der Waals surface area contributed by atoms with Gasteiger partial charge in [-0.25, -0.2) is 9.97 Å². The van der Waals surface area contributed by atoms with Crippen molar-refractivity contribution in [3.63, 3.8) is 0 Å². The van der Waals surface area contributed by atoms with E-state index in [1.54, 1.807) is 0 Å². The predicted molar refractivity (Wildman–Crippen MR) is 231 cm³/mol. The van der Waals surface area contributed by atoms with Gasteiger partial charge in [0.15, 0.2) is 0 Å². The van der Waals surface area contributed by atoms with Crippen LogP contribution in [0.4, 0.5) is 17.1 Å². The highest BCUT2D eigenvalue weighted by Gasteiger charge is 2.22. The van der Waals surface area contributed by atoms with Crippen LogP contribution in [-0.2, 0) is 0 Å². The van der Waals surface area contributed by atoms with Crippen molar-refractivity contribution in [2.24, 2.45) is 0 Å². The first-order valence-electron chi connectivity index (χ1n) is 18.7. The molecule has 0 aliphatic carbocycles. The maximum absolute atomic E-state index is 5.66. The first-order valence-corrected chi connectivity index (χ1v) is 18.7. The highest BCUT2D eigenvalue weighted by Crippen LogP contribution is 2.46. The van der Waals surface area contributed by atoms with Crippen molar-refractivity contribution in [2.75, 3.05) is 4.90 Å².